The molecule has 198 valence electrons. The molecule has 2 aliphatic rings. The number of rotatable bonds is 6. The number of nitrogens with one attached hydrogen (secondary N) is 2. The molecule has 0 spiro atoms. The summed E-state index contributed by atoms with van der Waals surface area (Å²) in [6.07, 6.45) is -2.61. The van der Waals surface area contributed by atoms with E-state index in [9.17, 15) is 26.7 Å². The van der Waals surface area contributed by atoms with E-state index in [2.05, 4.69) is 25.8 Å². The Hall–Kier alpha value is -4.23. The average molecular weight is 533 g/mol. The van der Waals surface area contributed by atoms with Gasteiger partial charge in [-0.15, -0.1) is 0 Å². The number of carbonyl (C=O) groups excluding carboxylic acids is 1. The van der Waals surface area contributed by atoms with Crippen molar-refractivity contribution >= 4 is 34.5 Å². The molecule has 3 heterocycles. The van der Waals surface area contributed by atoms with Gasteiger partial charge in [0.2, 0.25) is 5.88 Å². The molecule has 2 saturated carbocycles. The van der Waals surface area contributed by atoms with E-state index in [1.807, 2.05) is 10.8 Å². The number of urea groups is 1. The van der Waals surface area contributed by atoms with Gasteiger partial charge in [-0.05, 0) is 43.4 Å². The number of anilines is 3. The number of nitrogens with two attached hydrogens (primary N) is 1. The Morgan fingerprint density at radius 1 is 1.16 bits per heavy atom. The van der Waals surface area contributed by atoms with Crippen molar-refractivity contribution in [2.24, 2.45) is 0 Å². The standard InChI is InChI=1S/C24H20F5N7O2/c25-19(26)13-7-11(14-9-36(12-2-3-12)21-18(14)20(30)31-10-32-21)1-4-15(13)33-22(37)34-17-8-16(35-38-17)23(5-6-23)24(27,28)29/h1,4,7-10,12,19H,2-3,5-6H2,(H2,30,31,32)(H2,33,34,37). The van der Waals surface area contributed by atoms with Crippen molar-refractivity contribution in [3.63, 3.8) is 0 Å². The van der Waals surface area contributed by atoms with E-state index < -0.39 is 29.6 Å². The van der Waals surface area contributed by atoms with E-state index in [1.165, 1.54) is 18.5 Å². The highest BCUT2D eigenvalue weighted by Crippen LogP contribution is 2.58. The molecule has 38 heavy (non-hydrogen) atoms. The fourth-order valence-corrected chi connectivity index (χ4v) is 4.62. The maximum Gasteiger partial charge on any atom is 0.400 e. The Kier molecular flexibility index (Phi) is 5.33. The summed E-state index contributed by atoms with van der Waals surface area (Å²) in [5.41, 5.74) is 4.64. The largest absolute Gasteiger partial charge is 0.400 e. The van der Waals surface area contributed by atoms with Gasteiger partial charge < -0.3 is 20.1 Å². The number of hydrogen-bond donors (Lipinski definition) is 3. The number of alkyl halides is 5. The molecule has 0 radical (unpaired) electrons. The molecule has 4 aromatic rings. The van der Waals surface area contributed by atoms with Crippen molar-refractivity contribution in [3.05, 3.63) is 48.0 Å². The summed E-state index contributed by atoms with van der Waals surface area (Å²) in [6, 6.07) is 4.35. The first-order chi connectivity index (χ1) is 18.1. The van der Waals surface area contributed by atoms with Crippen LogP contribution in [0.1, 0.15) is 49.4 Å². The monoisotopic (exact) mass is 533 g/mol. The number of fused-ring (bicyclic) bond motifs is 1. The molecule has 9 nitrogen and oxygen atoms in total. The van der Waals surface area contributed by atoms with E-state index in [0.29, 0.717) is 22.2 Å². The Balaban J connectivity index is 1.26. The Labute approximate surface area is 211 Å². The summed E-state index contributed by atoms with van der Waals surface area (Å²) in [4.78, 5) is 20.8. The fraction of sp³-hybridized carbons (Fsp3) is 0.333. The van der Waals surface area contributed by atoms with E-state index in [-0.39, 0.29) is 42.0 Å². The lowest BCUT2D eigenvalue weighted by molar-refractivity contribution is -0.161. The van der Waals surface area contributed by atoms with Gasteiger partial charge in [-0.3, -0.25) is 5.32 Å². The van der Waals surface area contributed by atoms with Crippen LogP contribution in [0.25, 0.3) is 22.2 Å². The zero-order valence-corrected chi connectivity index (χ0v) is 19.5. The molecule has 6 rings (SSSR count). The van der Waals surface area contributed by atoms with Crippen LogP contribution in [0.4, 0.5) is 44.1 Å². The van der Waals surface area contributed by atoms with Crippen LogP contribution in [0.15, 0.2) is 41.3 Å². The minimum atomic E-state index is -4.50. The minimum absolute atomic E-state index is 0.129. The van der Waals surface area contributed by atoms with Gasteiger partial charge in [0.15, 0.2) is 0 Å². The van der Waals surface area contributed by atoms with Crippen LogP contribution in [0.5, 0.6) is 0 Å². The molecular formula is C24H20F5N7O2. The van der Waals surface area contributed by atoms with Crippen LogP contribution in [0.3, 0.4) is 0 Å². The first-order valence-electron chi connectivity index (χ1n) is 11.7. The van der Waals surface area contributed by atoms with Crippen LogP contribution >= 0.6 is 0 Å². The number of carbonyl (C=O) groups is 1. The van der Waals surface area contributed by atoms with E-state index in [1.54, 1.807) is 6.07 Å². The van der Waals surface area contributed by atoms with Crippen molar-refractivity contribution in [1.29, 1.82) is 0 Å². The molecule has 0 atom stereocenters. The highest BCUT2D eigenvalue weighted by molar-refractivity contribution is 6.02. The van der Waals surface area contributed by atoms with Gasteiger partial charge in [0.05, 0.1) is 11.1 Å². The van der Waals surface area contributed by atoms with Crippen LogP contribution in [0.2, 0.25) is 0 Å². The zero-order valence-electron chi connectivity index (χ0n) is 19.5. The van der Waals surface area contributed by atoms with Crippen LogP contribution in [-0.4, -0.2) is 31.9 Å². The lowest BCUT2D eigenvalue weighted by Gasteiger charge is -2.15. The summed E-state index contributed by atoms with van der Waals surface area (Å²) in [6.45, 7) is 0. The van der Waals surface area contributed by atoms with Gasteiger partial charge >= 0.3 is 12.2 Å². The number of nitrogen functional groups attached to an aromatic ring is 1. The number of halogens is 5. The van der Waals surface area contributed by atoms with E-state index >= 15 is 0 Å². The van der Waals surface area contributed by atoms with Crippen molar-refractivity contribution in [2.75, 3.05) is 16.4 Å². The highest BCUT2D eigenvalue weighted by Gasteiger charge is 2.66. The molecule has 2 fully saturated rings. The van der Waals surface area contributed by atoms with Gasteiger partial charge in [0.1, 0.15) is 28.9 Å². The van der Waals surface area contributed by atoms with E-state index in [0.717, 1.165) is 18.9 Å². The number of benzene rings is 1. The van der Waals surface area contributed by atoms with Crippen LogP contribution in [0, 0.1) is 0 Å². The summed E-state index contributed by atoms with van der Waals surface area (Å²) < 4.78 is 74.8. The number of aromatic nitrogens is 4. The summed E-state index contributed by atoms with van der Waals surface area (Å²) >= 11 is 0. The molecule has 4 N–H and O–H groups in total. The second-order valence-electron chi connectivity index (χ2n) is 9.48. The minimum Gasteiger partial charge on any atom is -0.383 e. The molecule has 14 heteroatoms. The third-order valence-electron chi connectivity index (χ3n) is 6.95. The highest BCUT2D eigenvalue weighted by atomic mass is 19.4. The number of nitrogens with zero attached hydrogens (tertiary/aromatic N) is 4. The third-order valence-corrected chi connectivity index (χ3v) is 6.95. The summed E-state index contributed by atoms with van der Waals surface area (Å²) in [7, 11) is 0. The number of hydrogen-bond acceptors (Lipinski definition) is 6. The van der Waals surface area contributed by atoms with Crippen molar-refractivity contribution in [2.45, 2.75) is 49.7 Å². The Morgan fingerprint density at radius 3 is 2.58 bits per heavy atom. The van der Waals surface area contributed by atoms with Crippen molar-refractivity contribution in [1.82, 2.24) is 19.7 Å². The van der Waals surface area contributed by atoms with Crippen LogP contribution in [-0.2, 0) is 5.41 Å². The van der Waals surface area contributed by atoms with Gasteiger partial charge in [0.25, 0.3) is 6.43 Å². The molecular weight excluding hydrogens is 513 g/mol. The molecule has 2 amide bonds. The summed E-state index contributed by atoms with van der Waals surface area (Å²) in [5, 5.41) is 8.49. The normalized spacial score (nSPS) is 16.7. The smallest absolute Gasteiger partial charge is 0.383 e. The third kappa shape index (κ3) is 4.00. The second-order valence-corrected chi connectivity index (χ2v) is 9.48. The van der Waals surface area contributed by atoms with E-state index in [4.69, 9.17) is 10.3 Å². The fourth-order valence-electron chi connectivity index (χ4n) is 4.62. The first kappa shape index (κ1) is 24.1. The molecule has 0 unspecified atom stereocenters. The maximum atomic E-state index is 14.0. The molecule has 3 aromatic heterocycles. The summed E-state index contributed by atoms with van der Waals surface area (Å²) in [5.74, 6) is -0.124. The van der Waals surface area contributed by atoms with Gasteiger partial charge in [0, 0.05) is 29.4 Å². The Bertz CT molecular complexity index is 1550. The molecule has 0 aliphatic heterocycles. The van der Waals surface area contributed by atoms with Gasteiger partial charge in [-0.25, -0.2) is 23.5 Å². The van der Waals surface area contributed by atoms with Gasteiger partial charge in [-0.2, -0.15) is 13.2 Å². The lowest BCUT2D eigenvalue weighted by Crippen LogP contribution is -2.28. The predicted molar refractivity (Wildman–Crippen MR) is 127 cm³/mol. The zero-order chi connectivity index (χ0) is 26.8. The predicted octanol–water partition coefficient (Wildman–Crippen LogP) is 6.18. The molecule has 2 aliphatic carbocycles. The van der Waals surface area contributed by atoms with Crippen LogP contribution < -0.4 is 16.4 Å². The maximum absolute atomic E-state index is 14.0. The second kappa shape index (κ2) is 8.39. The molecule has 0 bridgehead atoms. The first-order valence-corrected chi connectivity index (χ1v) is 11.7. The number of amides is 2. The topological polar surface area (TPSA) is 124 Å². The SMILES string of the molecule is Nc1ncnc2c1c(-c1ccc(NC(=O)Nc3cc(C4(C(F)(F)F)CC4)no3)c(C(F)F)c1)cn2C1CC1. The lowest BCUT2D eigenvalue weighted by atomic mass is 10.0. The quantitative estimate of drug-likeness (QED) is 0.254. The molecule has 1 aromatic carbocycles. The molecule has 0 saturated heterocycles. The van der Waals surface area contributed by atoms with Gasteiger partial charge in [-0.1, -0.05) is 11.2 Å². The Morgan fingerprint density at radius 2 is 1.92 bits per heavy atom. The average Bonchev–Trinajstić information content (AvgIpc) is 3.78. The van der Waals surface area contributed by atoms with Crippen molar-refractivity contribution in [3.8, 4) is 11.1 Å². The van der Waals surface area contributed by atoms with Crippen molar-refractivity contribution < 1.29 is 31.3 Å².